The summed E-state index contributed by atoms with van der Waals surface area (Å²) in [7, 11) is 0. The molecule has 0 saturated heterocycles. The second-order valence-corrected chi connectivity index (χ2v) is 7.29. The fourth-order valence-electron chi connectivity index (χ4n) is 3.56. The summed E-state index contributed by atoms with van der Waals surface area (Å²) in [6, 6.07) is 4.54. The fourth-order valence-corrected chi connectivity index (χ4v) is 4.51. The molecule has 0 aromatic carbocycles. The van der Waals surface area contributed by atoms with Gasteiger partial charge in [-0.25, -0.2) is 0 Å². The molecule has 0 bridgehead atoms. The van der Waals surface area contributed by atoms with Gasteiger partial charge in [-0.3, -0.25) is 0 Å². The molecule has 1 nitrogen and oxygen atoms in total. The van der Waals surface area contributed by atoms with Crippen LogP contribution < -0.4 is 5.32 Å². The molecule has 2 heteroatoms. The van der Waals surface area contributed by atoms with Crippen LogP contribution in [0.3, 0.4) is 0 Å². The zero-order valence-electron chi connectivity index (χ0n) is 11.5. The predicted molar refractivity (Wildman–Crippen MR) is 79.0 cm³/mol. The van der Waals surface area contributed by atoms with E-state index in [1.165, 1.54) is 51.5 Å². The standard InChI is InChI=1S/C16H25NS/c1-16(14-8-2-3-9-14,15-10-5-11-18-15)17-12-13-6-4-7-13/h5,10-11,13-14,17H,2-4,6-9,12H2,1H3. The van der Waals surface area contributed by atoms with E-state index < -0.39 is 0 Å². The lowest BCUT2D eigenvalue weighted by atomic mass is 9.80. The Kier molecular flexibility index (Phi) is 3.76. The minimum atomic E-state index is 0.236. The minimum absolute atomic E-state index is 0.236. The van der Waals surface area contributed by atoms with Crippen LogP contribution in [0.4, 0.5) is 0 Å². The van der Waals surface area contributed by atoms with Crippen molar-refractivity contribution in [2.45, 2.75) is 57.4 Å². The van der Waals surface area contributed by atoms with Crippen LogP contribution in [-0.4, -0.2) is 6.54 Å². The van der Waals surface area contributed by atoms with Gasteiger partial charge in [0.05, 0.1) is 5.54 Å². The molecule has 0 radical (unpaired) electrons. The summed E-state index contributed by atoms with van der Waals surface area (Å²) >= 11 is 1.93. The van der Waals surface area contributed by atoms with E-state index in [0.717, 1.165) is 11.8 Å². The van der Waals surface area contributed by atoms with E-state index in [-0.39, 0.29) is 5.54 Å². The van der Waals surface area contributed by atoms with Gasteiger partial charge >= 0.3 is 0 Å². The number of hydrogen-bond acceptors (Lipinski definition) is 2. The van der Waals surface area contributed by atoms with Crippen molar-refractivity contribution in [1.29, 1.82) is 0 Å². The Bertz CT molecular complexity index is 362. The van der Waals surface area contributed by atoms with Crippen LogP contribution in [0.25, 0.3) is 0 Å². The van der Waals surface area contributed by atoms with Crippen LogP contribution in [0.2, 0.25) is 0 Å². The highest BCUT2D eigenvalue weighted by Gasteiger charge is 2.38. The fraction of sp³-hybridized carbons (Fsp3) is 0.750. The van der Waals surface area contributed by atoms with E-state index in [1.54, 1.807) is 4.88 Å². The zero-order valence-corrected chi connectivity index (χ0v) is 12.3. The van der Waals surface area contributed by atoms with Crippen LogP contribution in [0.1, 0.15) is 56.7 Å². The van der Waals surface area contributed by atoms with Gasteiger partial charge in [0.25, 0.3) is 0 Å². The molecule has 100 valence electrons. The molecule has 0 spiro atoms. The molecule has 0 amide bonds. The maximum Gasteiger partial charge on any atom is 0.0528 e. The average molecular weight is 263 g/mol. The quantitative estimate of drug-likeness (QED) is 0.822. The van der Waals surface area contributed by atoms with Gasteiger partial charge in [-0.05, 0) is 62.4 Å². The molecule has 2 saturated carbocycles. The average Bonchev–Trinajstić information content (AvgIpc) is 3.00. The Hall–Kier alpha value is -0.340. The highest BCUT2D eigenvalue weighted by molar-refractivity contribution is 7.10. The van der Waals surface area contributed by atoms with Gasteiger partial charge in [0, 0.05) is 4.88 Å². The predicted octanol–water partition coefficient (Wildman–Crippen LogP) is 4.54. The molecule has 18 heavy (non-hydrogen) atoms. The SMILES string of the molecule is CC(NCC1CCC1)(c1cccs1)C1CCCC1. The molecule has 1 atom stereocenters. The Morgan fingerprint density at radius 3 is 2.56 bits per heavy atom. The Morgan fingerprint density at radius 1 is 1.22 bits per heavy atom. The summed E-state index contributed by atoms with van der Waals surface area (Å²) in [5.74, 6) is 1.79. The van der Waals surface area contributed by atoms with E-state index in [0.29, 0.717) is 0 Å². The summed E-state index contributed by atoms with van der Waals surface area (Å²) in [6.07, 6.45) is 10.0. The molecule has 1 heterocycles. The first kappa shape index (κ1) is 12.7. The molecular weight excluding hydrogens is 238 g/mol. The lowest BCUT2D eigenvalue weighted by Crippen LogP contribution is -2.47. The van der Waals surface area contributed by atoms with E-state index in [1.807, 2.05) is 11.3 Å². The van der Waals surface area contributed by atoms with Crippen molar-refractivity contribution < 1.29 is 0 Å². The highest BCUT2D eigenvalue weighted by Crippen LogP contribution is 2.42. The third-order valence-corrected chi connectivity index (χ3v) is 6.29. The van der Waals surface area contributed by atoms with Gasteiger partial charge in [-0.2, -0.15) is 0 Å². The number of hydrogen-bond donors (Lipinski definition) is 1. The van der Waals surface area contributed by atoms with Crippen LogP contribution in [0.15, 0.2) is 17.5 Å². The van der Waals surface area contributed by atoms with Crippen molar-refractivity contribution in [2.75, 3.05) is 6.54 Å². The van der Waals surface area contributed by atoms with Crippen molar-refractivity contribution in [1.82, 2.24) is 5.32 Å². The van der Waals surface area contributed by atoms with Crippen LogP contribution in [-0.2, 0) is 5.54 Å². The lowest BCUT2D eigenvalue weighted by Gasteiger charge is -2.39. The summed E-state index contributed by atoms with van der Waals surface area (Å²) in [4.78, 5) is 1.55. The van der Waals surface area contributed by atoms with Gasteiger partial charge in [0.1, 0.15) is 0 Å². The Morgan fingerprint density at radius 2 is 2.00 bits per heavy atom. The van der Waals surface area contributed by atoms with Gasteiger partial charge in [-0.1, -0.05) is 25.3 Å². The monoisotopic (exact) mass is 263 g/mol. The summed E-state index contributed by atoms with van der Waals surface area (Å²) in [6.45, 7) is 3.68. The van der Waals surface area contributed by atoms with Crippen LogP contribution in [0.5, 0.6) is 0 Å². The maximum absolute atomic E-state index is 3.95. The molecule has 1 N–H and O–H groups in total. The number of nitrogens with one attached hydrogen (secondary N) is 1. The third kappa shape index (κ3) is 2.37. The highest BCUT2D eigenvalue weighted by atomic mass is 32.1. The van der Waals surface area contributed by atoms with Crippen LogP contribution in [0, 0.1) is 11.8 Å². The second-order valence-electron chi connectivity index (χ2n) is 6.34. The first-order valence-electron chi connectivity index (χ1n) is 7.58. The molecular formula is C16H25NS. The van der Waals surface area contributed by atoms with Crippen LogP contribution >= 0.6 is 11.3 Å². The van der Waals surface area contributed by atoms with Crippen molar-refractivity contribution in [2.24, 2.45) is 11.8 Å². The lowest BCUT2D eigenvalue weighted by molar-refractivity contribution is 0.199. The Balaban J connectivity index is 1.73. The van der Waals surface area contributed by atoms with E-state index >= 15 is 0 Å². The minimum Gasteiger partial charge on any atom is -0.306 e. The number of thiophene rings is 1. The molecule has 2 fully saturated rings. The molecule has 3 rings (SSSR count). The second kappa shape index (κ2) is 5.34. The number of rotatable bonds is 5. The van der Waals surface area contributed by atoms with E-state index in [4.69, 9.17) is 0 Å². The molecule has 2 aliphatic carbocycles. The van der Waals surface area contributed by atoms with Gasteiger partial charge < -0.3 is 5.32 Å². The summed E-state index contributed by atoms with van der Waals surface area (Å²) in [5, 5.41) is 6.18. The van der Waals surface area contributed by atoms with Gasteiger partial charge in [-0.15, -0.1) is 11.3 Å². The van der Waals surface area contributed by atoms with Gasteiger partial charge in [0.2, 0.25) is 0 Å². The molecule has 1 aromatic heterocycles. The van der Waals surface area contributed by atoms with Crippen molar-refractivity contribution >= 4 is 11.3 Å². The van der Waals surface area contributed by atoms with Crippen molar-refractivity contribution in [3.63, 3.8) is 0 Å². The van der Waals surface area contributed by atoms with E-state index in [2.05, 4.69) is 29.8 Å². The normalized spacial score (nSPS) is 24.9. The van der Waals surface area contributed by atoms with Gasteiger partial charge in [0.15, 0.2) is 0 Å². The molecule has 2 aliphatic rings. The summed E-state index contributed by atoms with van der Waals surface area (Å²) in [5.41, 5.74) is 0.236. The van der Waals surface area contributed by atoms with Crippen molar-refractivity contribution in [3.8, 4) is 0 Å². The molecule has 0 aliphatic heterocycles. The topological polar surface area (TPSA) is 12.0 Å². The Labute approximate surface area is 115 Å². The first-order valence-corrected chi connectivity index (χ1v) is 8.46. The molecule has 1 unspecified atom stereocenters. The smallest absolute Gasteiger partial charge is 0.0528 e. The maximum atomic E-state index is 3.95. The zero-order chi connectivity index (χ0) is 12.4. The third-order valence-electron chi connectivity index (χ3n) is 5.19. The van der Waals surface area contributed by atoms with Crippen molar-refractivity contribution in [3.05, 3.63) is 22.4 Å². The largest absolute Gasteiger partial charge is 0.306 e. The first-order chi connectivity index (χ1) is 8.79. The molecule has 1 aromatic rings. The van der Waals surface area contributed by atoms with E-state index in [9.17, 15) is 0 Å². The summed E-state index contributed by atoms with van der Waals surface area (Å²) < 4.78 is 0.